The van der Waals surface area contributed by atoms with Gasteiger partial charge in [-0.3, -0.25) is 0 Å². The molecule has 0 saturated carbocycles. The number of halogens is 2. The highest BCUT2D eigenvalue weighted by Crippen LogP contribution is 2.21. The fourth-order valence-electron chi connectivity index (χ4n) is 1.06. The maximum Gasteiger partial charge on any atom is 0.137 e. The van der Waals surface area contributed by atoms with Crippen LogP contribution < -0.4 is 4.74 Å². The molecule has 0 aliphatic carbocycles. The minimum atomic E-state index is -0.281. The minimum absolute atomic E-state index is 0.281. The molecular formula is C11H14BrFO2. The second-order valence-electron chi connectivity index (χ2n) is 2.97. The van der Waals surface area contributed by atoms with Crippen molar-refractivity contribution in [2.24, 2.45) is 0 Å². The maximum atomic E-state index is 12.9. The molecule has 0 fully saturated rings. The van der Waals surface area contributed by atoms with Crippen molar-refractivity contribution in [1.82, 2.24) is 0 Å². The summed E-state index contributed by atoms with van der Waals surface area (Å²) in [5.41, 5.74) is 0. The first-order chi connectivity index (χ1) is 7.24. The number of rotatable bonds is 6. The quantitative estimate of drug-likeness (QED) is 0.742. The van der Waals surface area contributed by atoms with E-state index in [4.69, 9.17) is 9.47 Å². The summed E-state index contributed by atoms with van der Waals surface area (Å²) in [7, 11) is 0. The lowest BCUT2D eigenvalue weighted by atomic mass is 10.3. The maximum absolute atomic E-state index is 12.9. The van der Waals surface area contributed by atoms with Crippen LogP contribution in [0.25, 0.3) is 0 Å². The van der Waals surface area contributed by atoms with Crippen LogP contribution in [0.5, 0.6) is 5.75 Å². The van der Waals surface area contributed by atoms with Gasteiger partial charge in [0.05, 0.1) is 11.1 Å². The Hall–Kier alpha value is -0.610. The summed E-state index contributed by atoms with van der Waals surface area (Å²) >= 11 is 3.10. The van der Waals surface area contributed by atoms with Gasteiger partial charge < -0.3 is 9.47 Å². The predicted molar refractivity (Wildman–Crippen MR) is 60.7 cm³/mol. The van der Waals surface area contributed by atoms with Crippen LogP contribution in [0, 0.1) is 5.82 Å². The van der Waals surface area contributed by atoms with Gasteiger partial charge in [0, 0.05) is 19.6 Å². The summed E-state index contributed by atoms with van der Waals surface area (Å²) in [5.74, 6) is 0.386. The summed E-state index contributed by atoms with van der Waals surface area (Å²) in [6.45, 7) is 3.96. The highest BCUT2D eigenvalue weighted by molar-refractivity contribution is 9.10. The van der Waals surface area contributed by atoms with Crippen molar-refractivity contribution in [3.05, 3.63) is 28.5 Å². The predicted octanol–water partition coefficient (Wildman–Crippen LogP) is 3.39. The van der Waals surface area contributed by atoms with Gasteiger partial charge in [-0.1, -0.05) is 0 Å². The molecule has 0 atom stereocenters. The molecule has 84 valence electrons. The molecule has 0 aliphatic heterocycles. The van der Waals surface area contributed by atoms with Crippen molar-refractivity contribution in [2.45, 2.75) is 13.3 Å². The number of hydrogen-bond acceptors (Lipinski definition) is 2. The van der Waals surface area contributed by atoms with Gasteiger partial charge in [-0.25, -0.2) is 4.39 Å². The summed E-state index contributed by atoms with van der Waals surface area (Å²) in [4.78, 5) is 0. The molecule has 0 aromatic heterocycles. The van der Waals surface area contributed by atoms with E-state index in [0.717, 1.165) is 13.0 Å². The van der Waals surface area contributed by atoms with Gasteiger partial charge in [-0.15, -0.1) is 0 Å². The number of hydrogen-bond donors (Lipinski definition) is 0. The van der Waals surface area contributed by atoms with Crippen molar-refractivity contribution < 1.29 is 13.9 Å². The Morgan fingerprint density at radius 2 is 2.13 bits per heavy atom. The van der Waals surface area contributed by atoms with Crippen molar-refractivity contribution in [3.63, 3.8) is 0 Å². The lowest BCUT2D eigenvalue weighted by molar-refractivity contribution is 0.131. The molecule has 1 aromatic carbocycles. The second kappa shape index (κ2) is 6.80. The molecule has 0 bridgehead atoms. The highest BCUT2D eigenvalue weighted by atomic mass is 79.9. The van der Waals surface area contributed by atoms with E-state index < -0.39 is 0 Å². The monoisotopic (exact) mass is 276 g/mol. The van der Waals surface area contributed by atoms with Gasteiger partial charge in [0.25, 0.3) is 0 Å². The highest BCUT2D eigenvalue weighted by Gasteiger charge is 2.00. The van der Waals surface area contributed by atoms with E-state index >= 15 is 0 Å². The van der Waals surface area contributed by atoms with Crippen molar-refractivity contribution in [3.8, 4) is 5.75 Å². The zero-order chi connectivity index (χ0) is 11.1. The normalized spacial score (nSPS) is 10.3. The summed E-state index contributed by atoms with van der Waals surface area (Å²) in [6.07, 6.45) is 0.836. The second-order valence-corrected chi connectivity index (χ2v) is 3.83. The van der Waals surface area contributed by atoms with Gasteiger partial charge >= 0.3 is 0 Å². The third-order valence-electron chi connectivity index (χ3n) is 1.80. The third-order valence-corrected chi connectivity index (χ3v) is 2.40. The van der Waals surface area contributed by atoms with Crippen LogP contribution in [0.3, 0.4) is 0 Å². The third kappa shape index (κ3) is 4.62. The molecule has 0 aliphatic rings. The van der Waals surface area contributed by atoms with E-state index in [1.54, 1.807) is 12.1 Å². The Balaban J connectivity index is 2.28. The molecule has 1 rings (SSSR count). The summed E-state index contributed by atoms with van der Waals surface area (Å²) < 4.78 is 23.9. The first-order valence-corrected chi connectivity index (χ1v) is 5.69. The fraction of sp³-hybridized carbons (Fsp3) is 0.455. The molecule has 0 spiro atoms. The van der Waals surface area contributed by atoms with Crippen LogP contribution in [0.2, 0.25) is 0 Å². The topological polar surface area (TPSA) is 18.5 Å². The Bertz CT molecular complexity index is 305. The van der Waals surface area contributed by atoms with E-state index in [1.165, 1.54) is 6.07 Å². The van der Waals surface area contributed by atoms with Crippen molar-refractivity contribution in [2.75, 3.05) is 19.8 Å². The standard InChI is InChI=1S/C11H14BrFO2/c1-2-14-6-3-7-15-9-4-5-11(13)10(12)8-9/h4-5,8H,2-3,6-7H2,1H3. The van der Waals surface area contributed by atoms with E-state index in [1.807, 2.05) is 6.92 Å². The summed E-state index contributed by atoms with van der Waals surface area (Å²) in [6, 6.07) is 4.61. The smallest absolute Gasteiger partial charge is 0.137 e. The Kier molecular flexibility index (Phi) is 5.65. The van der Waals surface area contributed by atoms with Crippen molar-refractivity contribution in [1.29, 1.82) is 0 Å². The zero-order valence-corrected chi connectivity index (χ0v) is 10.2. The molecule has 0 radical (unpaired) electrons. The van der Waals surface area contributed by atoms with Gasteiger partial charge in [0.1, 0.15) is 11.6 Å². The molecule has 4 heteroatoms. The van der Waals surface area contributed by atoms with Crippen LogP contribution in [0.4, 0.5) is 4.39 Å². The van der Waals surface area contributed by atoms with Crippen LogP contribution in [0.1, 0.15) is 13.3 Å². The van der Waals surface area contributed by atoms with Crippen LogP contribution in [0.15, 0.2) is 22.7 Å². The number of benzene rings is 1. The molecule has 1 aromatic rings. The molecule has 0 heterocycles. The molecule has 0 unspecified atom stereocenters. The molecule has 0 saturated heterocycles. The zero-order valence-electron chi connectivity index (χ0n) is 8.63. The van der Waals surface area contributed by atoms with Gasteiger partial charge in [-0.2, -0.15) is 0 Å². The summed E-state index contributed by atoms with van der Waals surface area (Å²) in [5, 5.41) is 0. The van der Waals surface area contributed by atoms with E-state index in [9.17, 15) is 4.39 Å². The fourth-order valence-corrected chi connectivity index (χ4v) is 1.42. The van der Waals surface area contributed by atoms with Crippen molar-refractivity contribution >= 4 is 15.9 Å². The Morgan fingerprint density at radius 3 is 2.80 bits per heavy atom. The Labute approximate surface area is 97.5 Å². The van der Waals surface area contributed by atoms with E-state index in [2.05, 4.69) is 15.9 Å². The number of ether oxygens (including phenoxy) is 2. The van der Waals surface area contributed by atoms with E-state index in [0.29, 0.717) is 23.4 Å². The molecule has 0 N–H and O–H groups in total. The van der Waals surface area contributed by atoms with Gasteiger partial charge in [-0.05, 0) is 41.1 Å². The largest absolute Gasteiger partial charge is 0.493 e. The average molecular weight is 277 g/mol. The average Bonchev–Trinajstić information content (AvgIpc) is 2.23. The lowest BCUT2D eigenvalue weighted by Crippen LogP contribution is -2.02. The van der Waals surface area contributed by atoms with Gasteiger partial charge in [0.2, 0.25) is 0 Å². The molecule has 15 heavy (non-hydrogen) atoms. The SMILES string of the molecule is CCOCCCOc1ccc(F)c(Br)c1. The molecule has 2 nitrogen and oxygen atoms in total. The first-order valence-electron chi connectivity index (χ1n) is 4.89. The van der Waals surface area contributed by atoms with Crippen LogP contribution in [-0.4, -0.2) is 19.8 Å². The van der Waals surface area contributed by atoms with Crippen LogP contribution in [-0.2, 0) is 4.74 Å². The molecule has 0 amide bonds. The molecular weight excluding hydrogens is 263 g/mol. The van der Waals surface area contributed by atoms with Crippen LogP contribution >= 0.6 is 15.9 Å². The first kappa shape index (κ1) is 12.5. The lowest BCUT2D eigenvalue weighted by Gasteiger charge is -2.06. The van der Waals surface area contributed by atoms with Gasteiger partial charge in [0.15, 0.2) is 0 Å². The Morgan fingerprint density at radius 1 is 1.33 bits per heavy atom. The minimum Gasteiger partial charge on any atom is -0.493 e. The van der Waals surface area contributed by atoms with E-state index in [-0.39, 0.29) is 5.82 Å².